The maximum absolute atomic E-state index is 12.7. The summed E-state index contributed by atoms with van der Waals surface area (Å²) in [6, 6.07) is 18.4. The molecule has 0 radical (unpaired) electrons. The predicted octanol–water partition coefficient (Wildman–Crippen LogP) is 4.20. The summed E-state index contributed by atoms with van der Waals surface area (Å²) in [4.78, 5) is 14.0. The van der Waals surface area contributed by atoms with Crippen LogP contribution in [0.3, 0.4) is 0 Å². The Kier molecular flexibility index (Phi) is 6.85. The first-order chi connectivity index (χ1) is 15.0. The fourth-order valence-corrected chi connectivity index (χ4v) is 5.78. The summed E-state index contributed by atoms with van der Waals surface area (Å²) in [5.41, 5.74) is 3.85. The van der Waals surface area contributed by atoms with E-state index in [2.05, 4.69) is 28.2 Å². The molecule has 31 heavy (non-hydrogen) atoms. The van der Waals surface area contributed by atoms with Crippen LogP contribution >= 0.6 is 11.3 Å². The zero-order valence-electron chi connectivity index (χ0n) is 17.2. The fourth-order valence-electron chi connectivity index (χ4n) is 3.92. The normalized spacial score (nSPS) is 14.6. The van der Waals surface area contributed by atoms with Gasteiger partial charge in [0.25, 0.3) is 0 Å². The molecular weight excluding hydrogens is 428 g/mol. The van der Waals surface area contributed by atoms with E-state index in [1.165, 1.54) is 36.1 Å². The van der Waals surface area contributed by atoms with Gasteiger partial charge in [-0.15, -0.1) is 11.3 Å². The third-order valence-corrected chi connectivity index (χ3v) is 7.95. The van der Waals surface area contributed by atoms with Gasteiger partial charge in [0, 0.05) is 17.8 Å². The van der Waals surface area contributed by atoms with Crippen LogP contribution < -0.4 is 10.0 Å². The fraction of sp³-hybridized carbons (Fsp3) is 0.292. The molecule has 1 heterocycles. The quantitative estimate of drug-likeness (QED) is 0.536. The minimum Gasteiger partial charge on any atom is -0.344 e. The van der Waals surface area contributed by atoms with Crippen molar-refractivity contribution in [3.8, 4) is 0 Å². The molecule has 1 aromatic heterocycles. The molecule has 0 spiro atoms. The van der Waals surface area contributed by atoms with Crippen LogP contribution in [-0.4, -0.2) is 20.9 Å². The number of thiophene rings is 1. The average Bonchev–Trinajstić information content (AvgIpc) is 3.32. The minimum absolute atomic E-state index is 0.0460. The lowest BCUT2D eigenvalue weighted by Crippen LogP contribution is -2.33. The Morgan fingerprint density at radius 1 is 0.968 bits per heavy atom. The van der Waals surface area contributed by atoms with Gasteiger partial charge in [-0.25, -0.2) is 13.1 Å². The van der Waals surface area contributed by atoms with Crippen LogP contribution in [0.2, 0.25) is 0 Å². The molecule has 1 atom stereocenters. The molecule has 1 aliphatic rings. The molecule has 2 N–H and O–H groups in total. The molecule has 1 unspecified atom stereocenters. The lowest BCUT2D eigenvalue weighted by atomic mass is 9.89. The standard InChI is InChI=1S/C24H26N2O3S2/c27-23(14-15-25-31(28,29)21-9-2-1-3-10-21)26-24(22-11-6-16-30-22)20-13-12-18-7-4-5-8-19(18)17-20/h1-3,6,9-13,16-17,24-25H,4-5,7-8,14-15H2,(H,26,27). The molecule has 5 nitrogen and oxygen atoms in total. The maximum Gasteiger partial charge on any atom is 0.240 e. The summed E-state index contributed by atoms with van der Waals surface area (Å²) in [5, 5.41) is 5.11. The van der Waals surface area contributed by atoms with Crippen molar-refractivity contribution in [2.75, 3.05) is 6.54 Å². The van der Waals surface area contributed by atoms with Crippen molar-refractivity contribution in [2.24, 2.45) is 0 Å². The minimum atomic E-state index is -3.62. The lowest BCUT2D eigenvalue weighted by molar-refractivity contribution is -0.121. The van der Waals surface area contributed by atoms with Crippen LogP contribution in [-0.2, 0) is 27.7 Å². The van der Waals surface area contributed by atoms with Crippen LogP contribution in [0.25, 0.3) is 0 Å². The van der Waals surface area contributed by atoms with Crippen molar-refractivity contribution in [3.05, 3.63) is 87.6 Å². The zero-order valence-corrected chi connectivity index (χ0v) is 18.8. The highest BCUT2D eigenvalue weighted by Crippen LogP contribution is 2.30. The number of sulfonamides is 1. The van der Waals surface area contributed by atoms with E-state index >= 15 is 0 Å². The number of benzene rings is 2. The highest BCUT2D eigenvalue weighted by Gasteiger charge is 2.21. The molecule has 2 aromatic carbocycles. The average molecular weight is 455 g/mol. The molecule has 0 saturated heterocycles. The molecule has 162 valence electrons. The van der Waals surface area contributed by atoms with E-state index in [4.69, 9.17) is 0 Å². The molecule has 0 saturated carbocycles. The monoisotopic (exact) mass is 454 g/mol. The number of hydrogen-bond donors (Lipinski definition) is 2. The number of aryl methyl sites for hydroxylation is 2. The van der Waals surface area contributed by atoms with E-state index in [0.29, 0.717) is 0 Å². The van der Waals surface area contributed by atoms with Gasteiger partial charge in [-0.05, 0) is 66.0 Å². The topological polar surface area (TPSA) is 75.3 Å². The van der Waals surface area contributed by atoms with Crippen LogP contribution in [0.5, 0.6) is 0 Å². The number of fused-ring (bicyclic) bond motifs is 1. The van der Waals surface area contributed by atoms with Gasteiger partial charge in [-0.3, -0.25) is 4.79 Å². The van der Waals surface area contributed by atoms with Gasteiger partial charge in [-0.2, -0.15) is 0 Å². The number of carbonyl (C=O) groups is 1. The summed E-state index contributed by atoms with van der Waals surface area (Å²) >= 11 is 1.60. The number of hydrogen-bond acceptors (Lipinski definition) is 4. The second-order valence-electron chi connectivity index (χ2n) is 7.71. The molecule has 1 aliphatic carbocycles. The van der Waals surface area contributed by atoms with E-state index in [0.717, 1.165) is 23.3 Å². The lowest BCUT2D eigenvalue weighted by Gasteiger charge is -2.22. The SMILES string of the molecule is O=C(CCNS(=O)(=O)c1ccccc1)NC(c1ccc2c(c1)CCCC2)c1cccs1. The van der Waals surface area contributed by atoms with Crippen molar-refractivity contribution < 1.29 is 13.2 Å². The van der Waals surface area contributed by atoms with Crippen LogP contribution in [0, 0.1) is 0 Å². The van der Waals surface area contributed by atoms with Gasteiger partial charge in [0.1, 0.15) is 0 Å². The van der Waals surface area contributed by atoms with E-state index in [1.54, 1.807) is 29.5 Å². The summed E-state index contributed by atoms with van der Waals surface area (Å²) < 4.78 is 27.2. The summed E-state index contributed by atoms with van der Waals surface area (Å²) in [5.74, 6) is -0.188. The molecule has 3 aromatic rings. The van der Waals surface area contributed by atoms with Crippen LogP contribution in [0.15, 0.2) is 70.9 Å². The zero-order chi connectivity index (χ0) is 21.7. The Bertz CT molecular complexity index is 1130. The molecule has 0 fully saturated rings. The van der Waals surface area contributed by atoms with Crippen molar-refractivity contribution in [3.63, 3.8) is 0 Å². The van der Waals surface area contributed by atoms with Crippen LogP contribution in [0.1, 0.15) is 46.9 Å². The Balaban J connectivity index is 1.43. The Morgan fingerprint density at radius 2 is 1.74 bits per heavy atom. The molecule has 0 bridgehead atoms. The predicted molar refractivity (Wildman–Crippen MR) is 124 cm³/mol. The first kappa shape index (κ1) is 21.7. The summed E-state index contributed by atoms with van der Waals surface area (Å²) in [6.07, 6.45) is 4.70. The summed E-state index contributed by atoms with van der Waals surface area (Å²) in [6.45, 7) is 0.0460. The first-order valence-electron chi connectivity index (χ1n) is 10.5. The number of carbonyl (C=O) groups excluding carboxylic acids is 1. The van der Waals surface area contributed by atoms with E-state index in [9.17, 15) is 13.2 Å². The first-order valence-corrected chi connectivity index (χ1v) is 12.9. The largest absolute Gasteiger partial charge is 0.344 e. The summed E-state index contributed by atoms with van der Waals surface area (Å²) in [7, 11) is -3.62. The highest BCUT2D eigenvalue weighted by molar-refractivity contribution is 7.89. The van der Waals surface area contributed by atoms with E-state index < -0.39 is 10.0 Å². The highest BCUT2D eigenvalue weighted by atomic mass is 32.2. The van der Waals surface area contributed by atoms with Crippen molar-refractivity contribution in [1.29, 1.82) is 0 Å². The van der Waals surface area contributed by atoms with Gasteiger partial charge in [0.15, 0.2) is 0 Å². The van der Waals surface area contributed by atoms with E-state index in [-0.39, 0.29) is 29.8 Å². The number of nitrogens with one attached hydrogen (secondary N) is 2. The Morgan fingerprint density at radius 3 is 2.48 bits per heavy atom. The van der Waals surface area contributed by atoms with Crippen molar-refractivity contribution in [1.82, 2.24) is 10.0 Å². The van der Waals surface area contributed by atoms with Gasteiger partial charge < -0.3 is 5.32 Å². The second-order valence-corrected chi connectivity index (χ2v) is 10.5. The number of rotatable bonds is 8. The molecule has 1 amide bonds. The third kappa shape index (κ3) is 5.42. The Hall–Kier alpha value is -2.48. The van der Waals surface area contributed by atoms with Gasteiger partial charge >= 0.3 is 0 Å². The third-order valence-electron chi connectivity index (χ3n) is 5.54. The van der Waals surface area contributed by atoms with Crippen molar-refractivity contribution >= 4 is 27.3 Å². The Labute approximate surface area is 187 Å². The van der Waals surface area contributed by atoms with Crippen LogP contribution in [0.4, 0.5) is 0 Å². The van der Waals surface area contributed by atoms with E-state index in [1.807, 2.05) is 17.5 Å². The second kappa shape index (κ2) is 9.77. The van der Waals surface area contributed by atoms with Crippen molar-refractivity contribution in [2.45, 2.75) is 43.0 Å². The molecule has 0 aliphatic heterocycles. The van der Waals surface area contributed by atoms with Gasteiger partial charge in [-0.1, -0.05) is 42.5 Å². The smallest absolute Gasteiger partial charge is 0.240 e. The molecular formula is C24H26N2O3S2. The van der Waals surface area contributed by atoms with Gasteiger partial charge in [0.05, 0.1) is 10.9 Å². The maximum atomic E-state index is 12.7. The van der Waals surface area contributed by atoms with Gasteiger partial charge in [0.2, 0.25) is 15.9 Å². The number of amides is 1. The molecule has 7 heteroatoms. The molecule has 4 rings (SSSR count).